The second kappa shape index (κ2) is 3.10. The van der Waals surface area contributed by atoms with Gasteiger partial charge in [-0.15, -0.1) is 0 Å². The molecule has 14 heavy (non-hydrogen) atoms. The van der Waals surface area contributed by atoms with E-state index in [4.69, 9.17) is 11.6 Å². The van der Waals surface area contributed by atoms with Crippen LogP contribution in [0.2, 0.25) is 5.02 Å². The topological polar surface area (TPSA) is 34.9 Å². The molecule has 0 saturated carbocycles. The summed E-state index contributed by atoms with van der Waals surface area (Å²) in [5.41, 5.74) is 2.20. The molecule has 2 rings (SSSR count). The number of fused-ring (bicyclic) bond motifs is 1. The summed E-state index contributed by atoms with van der Waals surface area (Å²) in [6.45, 7) is 1.89. The number of rotatable bonds is 0. The van der Waals surface area contributed by atoms with Crippen LogP contribution in [0.25, 0.3) is 11.0 Å². The molecule has 0 aliphatic carbocycles. The summed E-state index contributed by atoms with van der Waals surface area (Å²) in [6, 6.07) is 5.10. The number of aromatic nitrogens is 2. The molecule has 0 unspecified atom stereocenters. The molecule has 0 fully saturated rings. The van der Waals surface area contributed by atoms with Gasteiger partial charge >= 0.3 is 0 Å². The zero-order valence-corrected chi connectivity index (χ0v) is 8.67. The zero-order chi connectivity index (χ0) is 10.3. The SMILES string of the molecule is Cc1ccc2c(n1)c(Cl)cc(=O)n2C. The predicted molar refractivity (Wildman–Crippen MR) is 56.7 cm³/mol. The van der Waals surface area contributed by atoms with Crippen molar-refractivity contribution < 1.29 is 0 Å². The molecule has 2 aromatic rings. The Hall–Kier alpha value is -1.35. The van der Waals surface area contributed by atoms with Crippen molar-refractivity contribution in [2.45, 2.75) is 6.92 Å². The molecule has 2 heterocycles. The van der Waals surface area contributed by atoms with Gasteiger partial charge in [-0.05, 0) is 19.1 Å². The maximum Gasteiger partial charge on any atom is 0.252 e. The number of pyridine rings is 2. The molecule has 0 amide bonds. The summed E-state index contributed by atoms with van der Waals surface area (Å²) in [5.74, 6) is 0. The number of halogens is 1. The van der Waals surface area contributed by atoms with E-state index >= 15 is 0 Å². The van der Waals surface area contributed by atoms with Crippen molar-refractivity contribution in [1.29, 1.82) is 0 Å². The fourth-order valence-corrected chi connectivity index (χ4v) is 1.62. The largest absolute Gasteiger partial charge is 0.310 e. The first-order valence-electron chi connectivity index (χ1n) is 4.22. The van der Waals surface area contributed by atoms with Crippen LogP contribution in [0.1, 0.15) is 5.69 Å². The van der Waals surface area contributed by atoms with E-state index in [1.54, 1.807) is 7.05 Å². The molecule has 0 aromatic carbocycles. The first-order valence-corrected chi connectivity index (χ1v) is 4.60. The van der Waals surface area contributed by atoms with E-state index < -0.39 is 0 Å². The van der Waals surface area contributed by atoms with E-state index in [-0.39, 0.29) is 5.56 Å². The van der Waals surface area contributed by atoms with Gasteiger partial charge in [-0.1, -0.05) is 11.6 Å². The van der Waals surface area contributed by atoms with E-state index in [1.165, 1.54) is 10.6 Å². The van der Waals surface area contributed by atoms with Crippen LogP contribution in [0.3, 0.4) is 0 Å². The number of hydrogen-bond acceptors (Lipinski definition) is 2. The third-order valence-electron chi connectivity index (χ3n) is 2.18. The molecular formula is C10H9ClN2O. The normalized spacial score (nSPS) is 10.8. The summed E-state index contributed by atoms with van der Waals surface area (Å²) in [4.78, 5) is 15.7. The van der Waals surface area contributed by atoms with E-state index in [2.05, 4.69) is 4.98 Å². The minimum Gasteiger partial charge on any atom is -0.310 e. The Morgan fingerprint density at radius 1 is 1.43 bits per heavy atom. The molecule has 0 atom stereocenters. The van der Waals surface area contributed by atoms with Crippen LogP contribution in [0.15, 0.2) is 23.0 Å². The highest BCUT2D eigenvalue weighted by Crippen LogP contribution is 2.18. The fraction of sp³-hybridized carbons (Fsp3) is 0.200. The highest BCUT2D eigenvalue weighted by atomic mass is 35.5. The predicted octanol–water partition coefficient (Wildman–Crippen LogP) is 1.90. The van der Waals surface area contributed by atoms with Crippen molar-refractivity contribution in [2.75, 3.05) is 0 Å². The second-order valence-electron chi connectivity index (χ2n) is 3.21. The van der Waals surface area contributed by atoms with E-state index in [9.17, 15) is 4.79 Å². The lowest BCUT2D eigenvalue weighted by atomic mass is 10.3. The zero-order valence-electron chi connectivity index (χ0n) is 7.91. The molecule has 72 valence electrons. The Balaban J connectivity index is 3.02. The molecule has 0 spiro atoms. The lowest BCUT2D eigenvalue weighted by Crippen LogP contribution is -2.16. The number of aryl methyl sites for hydroxylation is 2. The number of nitrogens with zero attached hydrogens (tertiary/aromatic N) is 2. The van der Waals surface area contributed by atoms with Gasteiger partial charge in [0.15, 0.2) is 0 Å². The first-order chi connectivity index (χ1) is 6.59. The van der Waals surface area contributed by atoms with Crippen molar-refractivity contribution in [1.82, 2.24) is 9.55 Å². The van der Waals surface area contributed by atoms with Crippen molar-refractivity contribution in [3.05, 3.63) is 39.3 Å². The average molecular weight is 209 g/mol. The highest BCUT2D eigenvalue weighted by molar-refractivity contribution is 6.34. The van der Waals surface area contributed by atoms with Crippen LogP contribution in [-0.2, 0) is 7.05 Å². The quantitative estimate of drug-likeness (QED) is 0.663. The van der Waals surface area contributed by atoms with Gasteiger partial charge in [-0.3, -0.25) is 4.79 Å². The van der Waals surface area contributed by atoms with Crippen LogP contribution in [-0.4, -0.2) is 9.55 Å². The summed E-state index contributed by atoms with van der Waals surface area (Å²) in [7, 11) is 1.71. The maximum atomic E-state index is 11.4. The molecule has 4 heteroatoms. The molecule has 0 radical (unpaired) electrons. The lowest BCUT2D eigenvalue weighted by molar-refractivity contribution is 0.902. The smallest absolute Gasteiger partial charge is 0.252 e. The van der Waals surface area contributed by atoms with Crippen LogP contribution in [0.4, 0.5) is 0 Å². The Morgan fingerprint density at radius 3 is 2.86 bits per heavy atom. The minimum absolute atomic E-state index is 0.117. The first kappa shape index (κ1) is 9.21. The monoisotopic (exact) mass is 208 g/mol. The van der Waals surface area contributed by atoms with Crippen LogP contribution < -0.4 is 5.56 Å². The average Bonchev–Trinajstić information content (AvgIpc) is 2.14. The van der Waals surface area contributed by atoms with Gasteiger partial charge in [0, 0.05) is 18.8 Å². The molecule has 2 aromatic heterocycles. The lowest BCUT2D eigenvalue weighted by Gasteiger charge is -2.05. The van der Waals surface area contributed by atoms with Gasteiger partial charge in [0.05, 0.1) is 10.5 Å². The fourth-order valence-electron chi connectivity index (χ4n) is 1.39. The summed E-state index contributed by atoms with van der Waals surface area (Å²) in [5, 5.41) is 0.409. The number of hydrogen-bond donors (Lipinski definition) is 0. The van der Waals surface area contributed by atoms with Gasteiger partial charge < -0.3 is 4.57 Å². The van der Waals surface area contributed by atoms with Gasteiger partial charge in [-0.25, -0.2) is 4.98 Å². The van der Waals surface area contributed by atoms with Crippen molar-refractivity contribution in [2.24, 2.45) is 7.05 Å². The standard InChI is InChI=1S/C10H9ClN2O/c1-6-3-4-8-10(12-6)7(11)5-9(14)13(8)2/h3-5H,1-2H3. The van der Waals surface area contributed by atoms with Crippen molar-refractivity contribution >= 4 is 22.6 Å². The molecular weight excluding hydrogens is 200 g/mol. The Bertz CT molecular complexity index is 560. The van der Waals surface area contributed by atoms with E-state index in [1.807, 2.05) is 19.1 Å². The summed E-state index contributed by atoms with van der Waals surface area (Å²) >= 11 is 5.93. The van der Waals surface area contributed by atoms with Crippen LogP contribution in [0, 0.1) is 6.92 Å². The minimum atomic E-state index is -0.117. The van der Waals surface area contributed by atoms with Crippen LogP contribution in [0.5, 0.6) is 0 Å². The van der Waals surface area contributed by atoms with Gasteiger partial charge in [0.25, 0.3) is 5.56 Å². The summed E-state index contributed by atoms with van der Waals surface area (Å²) in [6.07, 6.45) is 0. The molecule has 0 bridgehead atoms. The molecule has 0 aliphatic rings. The van der Waals surface area contributed by atoms with Crippen molar-refractivity contribution in [3.8, 4) is 0 Å². The molecule has 3 nitrogen and oxygen atoms in total. The second-order valence-corrected chi connectivity index (χ2v) is 3.62. The third-order valence-corrected chi connectivity index (χ3v) is 2.47. The molecule has 0 N–H and O–H groups in total. The molecule has 0 saturated heterocycles. The molecule has 0 aliphatic heterocycles. The Kier molecular flexibility index (Phi) is 2.04. The van der Waals surface area contributed by atoms with Gasteiger partial charge in [-0.2, -0.15) is 0 Å². The Labute approximate surface area is 86.0 Å². The van der Waals surface area contributed by atoms with E-state index in [0.717, 1.165) is 11.2 Å². The van der Waals surface area contributed by atoms with Crippen molar-refractivity contribution in [3.63, 3.8) is 0 Å². The summed E-state index contributed by atoms with van der Waals surface area (Å²) < 4.78 is 1.54. The Morgan fingerprint density at radius 2 is 2.14 bits per heavy atom. The van der Waals surface area contributed by atoms with Gasteiger partial charge in [0.1, 0.15) is 5.52 Å². The van der Waals surface area contributed by atoms with Gasteiger partial charge in [0.2, 0.25) is 0 Å². The maximum absolute atomic E-state index is 11.4. The van der Waals surface area contributed by atoms with Crippen LogP contribution >= 0.6 is 11.6 Å². The van der Waals surface area contributed by atoms with E-state index in [0.29, 0.717) is 10.5 Å². The highest BCUT2D eigenvalue weighted by Gasteiger charge is 2.05. The third kappa shape index (κ3) is 1.30.